The van der Waals surface area contributed by atoms with Gasteiger partial charge < -0.3 is 21.3 Å². The number of benzene rings is 2. The number of hydrogen-bond donors (Lipinski definition) is 3. The summed E-state index contributed by atoms with van der Waals surface area (Å²) in [6.07, 6.45) is 3.25. The van der Waals surface area contributed by atoms with Crippen molar-refractivity contribution in [2.75, 3.05) is 30.3 Å². The Kier molecular flexibility index (Phi) is 6.26. The third-order valence-corrected chi connectivity index (χ3v) is 4.64. The summed E-state index contributed by atoms with van der Waals surface area (Å²) in [4.78, 5) is 37.9. The molecule has 0 saturated carbocycles. The Morgan fingerprint density at radius 2 is 1.54 bits per heavy atom. The van der Waals surface area contributed by atoms with Crippen LogP contribution in [-0.2, 0) is 4.79 Å². The number of hydrogen-bond acceptors (Lipinski definition) is 4. The third-order valence-electron chi connectivity index (χ3n) is 4.64. The number of nitrogens with zero attached hydrogens (tertiary/aromatic N) is 1. The monoisotopic (exact) mass is 380 g/mol. The minimum absolute atomic E-state index is 0.0241. The number of anilines is 2. The summed E-state index contributed by atoms with van der Waals surface area (Å²) in [6.45, 7) is 1.62. The third kappa shape index (κ3) is 5.09. The van der Waals surface area contributed by atoms with E-state index in [4.69, 9.17) is 5.73 Å². The lowest BCUT2D eigenvalue weighted by Gasteiger charge is -2.26. The first-order valence-corrected chi connectivity index (χ1v) is 9.36. The minimum atomic E-state index is -0.551. The van der Waals surface area contributed by atoms with Gasteiger partial charge in [-0.1, -0.05) is 12.1 Å². The summed E-state index contributed by atoms with van der Waals surface area (Å²) in [6, 6.07) is 13.6. The van der Waals surface area contributed by atoms with Gasteiger partial charge in [0.25, 0.3) is 5.91 Å². The van der Waals surface area contributed by atoms with Crippen LogP contribution in [0.3, 0.4) is 0 Å². The molecule has 0 unspecified atom stereocenters. The molecule has 2 aromatic carbocycles. The highest BCUT2D eigenvalue weighted by molar-refractivity contribution is 5.98. The number of amides is 3. The fourth-order valence-corrected chi connectivity index (χ4v) is 3.18. The van der Waals surface area contributed by atoms with Gasteiger partial charge in [0.05, 0.1) is 6.54 Å². The first kappa shape index (κ1) is 19.4. The van der Waals surface area contributed by atoms with Crippen molar-refractivity contribution in [2.45, 2.75) is 19.3 Å². The Morgan fingerprint density at radius 3 is 2.25 bits per heavy atom. The highest BCUT2D eigenvalue weighted by Gasteiger charge is 2.18. The van der Waals surface area contributed by atoms with Crippen LogP contribution in [0.5, 0.6) is 0 Å². The fraction of sp³-hybridized carbons (Fsp3) is 0.286. The van der Waals surface area contributed by atoms with E-state index in [1.54, 1.807) is 36.4 Å². The van der Waals surface area contributed by atoms with Crippen LogP contribution in [0.2, 0.25) is 0 Å². The number of piperidine rings is 1. The second-order valence-corrected chi connectivity index (χ2v) is 6.78. The molecule has 146 valence electrons. The van der Waals surface area contributed by atoms with Crippen molar-refractivity contribution in [3.05, 3.63) is 59.7 Å². The van der Waals surface area contributed by atoms with E-state index in [0.717, 1.165) is 25.9 Å². The zero-order valence-electron chi connectivity index (χ0n) is 15.6. The summed E-state index contributed by atoms with van der Waals surface area (Å²) in [5.41, 5.74) is 7.38. The molecule has 0 radical (unpaired) electrons. The SMILES string of the molecule is NC(=O)c1cccc(NC(=O)CNc2cccc(C(=O)N3CCCCC3)c2)c1. The van der Waals surface area contributed by atoms with Gasteiger partial charge in [0.1, 0.15) is 0 Å². The maximum atomic E-state index is 12.6. The lowest BCUT2D eigenvalue weighted by atomic mass is 10.1. The molecule has 7 heteroatoms. The van der Waals surface area contributed by atoms with Crippen LogP contribution in [0.4, 0.5) is 11.4 Å². The average molecular weight is 380 g/mol. The Labute approximate surface area is 163 Å². The van der Waals surface area contributed by atoms with Gasteiger partial charge in [-0.25, -0.2) is 0 Å². The summed E-state index contributed by atoms with van der Waals surface area (Å²) >= 11 is 0. The molecule has 1 aliphatic heterocycles. The molecular formula is C21H24N4O3. The van der Waals surface area contributed by atoms with Crippen LogP contribution < -0.4 is 16.4 Å². The molecule has 1 heterocycles. The molecule has 3 rings (SSSR count). The average Bonchev–Trinajstić information content (AvgIpc) is 2.73. The van der Waals surface area contributed by atoms with Gasteiger partial charge in [-0.05, 0) is 55.7 Å². The second kappa shape index (κ2) is 9.03. The molecule has 4 N–H and O–H groups in total. The number of primary amides is 1. The van der Waals surface area contributed by atoms with Gasteiger partial charge in [-0.3, -0.25) is 14.4 Å². The van der Waals surface area contributed by atoms with Gasteiger partial charge in [-0.2, -0.15) is 0 Å². The van der Waals surface area contributed by atoms with Crippen molar-refractivity contribution < 1.29 is 14.4 Å². The number of likely N-dealkylation sites (tertiary alicyclic amines) is 1. The van der Waals surface area contributed by atoms with Gasteiger partial charge in [0, 0.05) is 35.6 Å². The Balaban J connectivity index is 1.57. The number of carbonyl (C=O) groups is 3. The first-order valence-electron chi connectivity index (χ1n) is 9.36. The van der Waals surface area contributed by atoms with E-state index in [9.17, 15) is 14.4 Å². The summed E-state index contributed by atoms with van der Waals surface area (Å²) in [7, 11) is 0. The molecule has 3 amide bonds. The maximum absolute atomic E-state index is 12.6. The zero-order chi connectivity index (χ0) is 19.9. The molecule has 2 aromatic rings. The summed E-state index contributed by atoms with van der Waals surface area (Å²) in [5.74, 6) is -0.796. The van der Waals surface area contributed by atoms with Crippen molar-refractivity contribution in [2.24, 2.45) is 5.73 Å². The first-order chi connectivity index (χ1) is 13.5. The number of nitrogens with two attached hydrogens (primary N) is 1. The van der Waals surface area contributed by atoms with Crippen molar-refractivity contribution in [3.63, 3.8) is 0 Å². The lowest BCUT2D eigenvalue weighted by molar-refractivity contribution is -0.114. The second-order valence-electron chi connectivity index (χ2n) is 6.78. The minimum Gasteiger partial charge on any atom is -0.376 e. The van der Waals surface area contributed by atoms with Crippen molar-refractivity contribution in [1.29, 1.82) is 0 Å². The molecule has 1 fully saturated rings. The normalized spacial score (nSPS) is 13.6. The molecule has 0 aliphatic carbocycles. The molecule has 1 aliphatic rings. The van der Waals surface area contributed by atoms with Gasteiger partial charge in [-0.15, -0.1) is 0 Å². The van der Waals surface area contributed by atoms with E-state index in [1.807, 2.05) is 11.0 Å². The summed E-state index contributed by atoms with van der Waals surface area (Å²) in [5, 5.41) is 5.74. The number of nitrogens with one attached hydrogen (secondary N) is 2. The summed E-state index contributed by atoms with van der Waals surface area (Å²) < 4.78 is 0. The van der Waals surface area contributed by atoms with E-state index < -0.39 is 5.91 Å². The highest BCUT2D eigenvalue weighted by Crippen LogP contribution is 2.16. The van der Waals surface area contributed by atoms with Crippen molar-refractivity contribution in [3.8, 4) is 0 Å². The van der Waals surface area contributed by atoms with E-state index in [1.165, 1.54) is 12.5 Å². The van der Waals surface area contributed by atoms with E-state index >= 15 is 0 Å². The molecule has 7 nitrogen and oxygen atoms in total. The van der Waals surface area contributed by atoms with Gasteiger partial charge in [0.2, 0.25) is 11.8 Å². The number of rotatable bonds is 6. The topological polar surface area (TPSA) is 105 Å². The molecule has 1 saturated heterocycles. The predicted molar refractivity (Wildman–Crippen MR) is 108 cm³/mol. The Hall–Kier alpha value is -3.35. The van der Waals surface area contributed by atoms with Gasteiger partial charge >= 0.3 is 0 Å². The molecule has 0 spiro atoms. The fourth-order valence-electron chi connectivity index (χ4n) is 3.18. The van der Waals surface area contributed by atoms with Crippen LogP contribution in [0, 0.1) is 0 Å². The molecular weight excluding hydrogens is 356 g/mol. The van der Waals surface area contributed by atoms with Crippen molar-refractivity contribution >= 4 is 29.1 Å². The molecule has 28 heavy (non-hydrogen) atoms. The van der Waals surface area contributed by atoms with Crippen LogP contribution >= 0.6 is 0 Å². The zero-order valence-corrected chi connectivity index (χ0v) is 15.6. The molecule has 0 atom stereocenters. The van der Waals surface area contributed by atoms with E-state index in [2.05, 4.69) is 10.6 Å². The Bertz CT molecular complexity index is 875. The quantitative estimate of drug-likeness (QED) is 0.716. The van der Waals surface area contributed by atoms with E-state index in [0.29, 0.717) is 22.5 Å². The van der Waals surface area contributed by atoms with Crippen molar-refractivity contribution in [1.82, 2.24) is 4.90 Å². The largest absolute Gasteiger partial charge is 0.376 e. The highest BCUT2D eigenvalue weighted by atomic mass is 16.2. The molecule has 0 bridgehead atoms. The van der Waals surface area contributed by atoms with Gasteiger partial charge in [0.15, 0.2) is 0 Å². The maximum Gasteiger partial charge on any atom is 0.253 e. The molecule has 0 aromatic heterocycles. The van der Waals surface area contributed by atoms with Crippen LogP contribution in [0.25, 0.3) is 0 Å². The van der Waals surface area contributed by atoms with E-state index in [-0.39, 0.29) is 18.4 Å². The van der Waals surface area contributed by atoms with Crippen LogP contribution in [0.1, 0.15) is 40.0 Å². The number of carbonyl (C=O) groups excluding carboxylic acids is 3. The lowest BCUT2D eigenvalue weighted by Crippen LogP contribution is -2.35. The Morgan fingerprint density at radius 1 is 0.893 bits per heavy atom. The predicted octanol–water partition coefficient (Wildman–Crippen LogP) is 2.46. The smallest absolute Gasteiger partial charge is 0.253 e. The standard InChI is InChI=1S/C21H24N4O3/c22-20(27)15-6-4-9-18(12-15)24-19(26)14-23-17-8-5-7-16(13-17)21(28)25-10-2-1-3-11-25/h4-9,12-13,23H,1-3,10-11,14H2,(H2,22,27)(H,24,26). The van der Waals surface area contributed by atoms with Crippen LogP contribution in [0.15, 0.2) is 48.5 Å². The van der Waals surface area contributed by atoms with Crippen LogP contribution in [-0.4, -0.2) is 42.3 Å².